The van der Waals surface area contributed by atoms with Crippen LogP contribution in [0.4, 0.5) is 16.2 Å². The molecule has 1 aromatic heterocycles. The normalized spacial score (nSPS) is 10.7. The summed E-state index contributed by atoms with van der Waals surface area (Å²) in [6.45, 7) is 4.24. The molecule has 0 saturated carbocycles. The number of benzene rings is 2. The van der Waals surface area contributed by atoms with Gasteiger partial charge in [0, 0.05) is 18.9 Å². The average Bonchev–Trinajstić information content (AvgIpc) is 2.59. The molecule has 0 radical (unpaired) electrons. The number of carbonyl (C=O) groups excluding carboxylic acids is 1. The molecular formula is C19H19FN4O. The molecule has 2 N–H and O–H groups in total. The van der Waals surface area contributed by atoms with Crippen molar-refractivity contribution in [3.8, 4) is 11.1 Å². The fourth-order valence-electron chi connectivity index (χ4n) is 2.54. The summed E-state index contributed by atoms with van der Waals surface area (Å²) in [5.74, 6) is 0.453. The van der Waals surface area contributed by atoms with Crippen molar-refractivity contribution < 1.29 is 9.18 Å². The molecule has 25 heavy (non-hydrogen) atoms. The zero-order chi connectivity index (χ0) is 17.8. The lowest BCUT2D eigenvalue weighted by Gasteiger charge is -2.12. The maximum Gasteiger partial charge on any atom is 0.231 e. The standard InChI is InChI=1S/C19H19FN4O/c1-3-10-21-18-16-11-14(13-4-7-15(20)8-5-13)6-9-17(16)23-19(24-18)22-12(2)25/h4-9,11H,3,10H2,1-2H3,(H2,21,22,23,24,25). The summed E-state index contributed by atoms with van der Waals surface area (Å²) in [5.41, 5.74) is 2.59. The minimum Gasteiger partial charge on any atom is -0.369 e. The number of fused-ring (bicyclic) bond motifs is 1. The van der Waals surface area contributed by atoms with E-state index in [0.29, 0.717) is 5.82 Å². The molecule has 0 aliphatic heterocycles. The molecule has 2 aromatic carbocycles. The van der Waals surface area contributed by atoms with Crippen molar-refractivity contribution in [2.45, 2.75) is 20.3 Å². The number of halogens is 1. The van der Waals surface area contributed by atoms with Crippen molar-refractivity contribution in [2.24, 2.45) is 0 Å². The van der Waals surface area contributed by atoms with E-state index in [4.69, 9.17) is 0 Å². The van der Waals surface area contributed by atoms with Gasteiger partial charge in [0.25, 0.3) is 0 Å². The molecule has 0 spiro atoms. The number of anilines is 2. The first-order valence-electron chi connectivity index (χ1n) is 8.16. The zero-order valence-electron chi connectivity index (χ0n) is 14.1. The third-order valence-electron chi connectivity index (χ3n) is 3.70. The van der Waals surface area contributed by atoms with Gasteiger partial charge in [0.15, 0.2) is 0 Å². The molecule has 3 aromatic rings. The second kappa shape index (κ2) is 7.25. The van der Waals surface area contributed by atoms with E-state index in [2.05, 4.69) is 27.5 Å². The Bertz CT molecular complexity index is 909. The van der Waals surface area contributed by atoms with E-state index in [1.54, 1.807) is 12.1 Å². The Balaban J connectivity index is 2.09. The quantitative estimate of drug-likeness (QED) is 0.731. The van der Waals surface area contributed by atoms with Crippen LogP contribution in [0.2, 0.25) is 0 Å². The number of hydrogen-bond donors (Lipinski definition) is 2. The van der Waals surface area contributed by atoms with Gasteiger partial charge in [-0.1, -0.05) is 25.1 Å². The Morgan fingerprint density at radius 2 is 1.80 bits per heavy atom. The molecule has 6 heteroatoms. The van der Waals surface area contributed by atoms with Gasteiger partial charge in [-0.25, -0.2) is 9.37 Å². The van der Waals surface area contributed by atoms with Crippen LogP contribution in [0.1, 0.15) is 20.3 Å². The summed E-state index contributed by atoms with van der Waals surface area (Å²) in [5, 5.41) is 6.75. The van der Waals surface area contributed by atoms with Crippen molar-refractivity contribution in [3.05, 3.63) is 48.3 Å². The third-order valence-corrected chi connectivity index (χ3v) is 3.70. The van der Waals surface area contributed by atoms with Crippen LogP contribution in [0.25, 0.3) is 22.0 Å². The van der Waals surface area contributed by atoms with Crippen LogP contribution in [0.5, 0.6) is 0 Å². The first kappa shape index (κ1) is 16.8. The Morgan fingerprint density at radius 3 is 2.48 bits per heavy atom. The molecule has 128 valence electrons. The van der Waals surface area contributed by atoms with Gasteiger partial charge < -0.3 is 5.32 Å². The lowest BCUT2D eigenvalue weighted by atomic mass is 10.0. The van der Waals surface area contributed by atoms with Crippen molar-refractivity contribution in [1.29, 1.82) is 0 Å². The molecule has 3 rings (SSSR count). The van der Waals surface area contributed by atoms with Gasteiger partial charge in [0.1, 0.15) is 11.6 Å². The maximum atomic E-state index is 13.1. The zero-order valence-corrected chi connectivity index (χ0v) is 14.1. The average molecular weight is 338 g/mol. The first-order chi connectivity index (χ1) is 12.1. The molecule has 0 atom stereocenters. The van der Waals surface area contributed by atoms with E-state index >= 15 is 0 Å². The summed E-state index contributed by atoms with van der Waals surface area (Å²) in [7, 11) is 0. The minimum atomic E-state index is -0.266. The summed E-state index contributed by atoms with van der Waals surface area (Å²) in [6.07, 6.45) is 0.943. The van der Waals surface area contributed by atoms with Gasteiger partial charge in [-0.3, -0.25) is 10.1 Å². The highest BCUT2D eigenvalue weighted by atomic mass is 19.1. The van der Waals surface area contributed by atoms with Crippen LogP contribution >= 0.6 is 0 Å². The molecule has 1 amide bonds. The number of aromatic nitrogens is 2. The van der Waals surface area contributed by atoms with Gasteiger partial charge in [0.2, 0.25) is 11.9 Å². The van der Waals surface area contributed by atoms with Gasteiger partial charge in [-0.15, -0.1) is 0 Å². The molecule has 1 heterocycles. The number of hydrogen-bond acceptors (Lipinski definition) is 4. The Morgan fingerprint density at radius 1 is 1.08 bits per heavy atom. The summed E-state index contributed by atoms with van der Waals surface area (Å²) >= 11 is 0. The van der Waals surface area contributed by atoms with Crippen molar-refractivity contribution in [2.75, 3.05) is 17.2 Å². The van der Waals surface area contributed by atoms with Crippen molar-refractivity contribution in [3.63, 3.8) is 0 Å². The second-order valence-corrected chi connectivity index (χ2v) is 5.74. The topological polar surface area (TPSA) is 66.9 Å². The smallest absolute Gasteiger partial charge is 0.231 e. The summed E-state index contributed by atoms with van der Waals surface area (Å²) in [4.78, 5) is 20.1. The minimum absolute atomic E-state index is 0.219. The predicted octanol–water partition coefficient (Wildman–Crippen LogP) is 4.22. The van der Waals surface area contributed by atoms with Gasteiger partial charge in [-0.05, 0) is 41.8 Å². The van der Waals surface area contributed by atoms with Gasteiger partial charge >= 0.3 is 0 Å². The number of nitrogens with one attached hydrogen (secondary N) is 2. The lowest BCUT2D eigenvalue weighted by molar-refractivity contribution is -0.114. The first-order valence-corrected chi connectivity index (χ1v) is 8.16. The SMILES string of the molecule is CCCNc1nc(NC(C)=O)nc2ccc(-c3ccc(F)cc3)cc12. The van der Waals surface area contributed by atoms with E-state index < -0.39 is 0 Å². The molecule has 0 bridgehead atoms. The Kier molecular flexibility index (Phi) is 4.88. The molecule has 0 saturated heterocycles. The van der Waals surface area contributed by atoms with Crippen LogP contribution in [0.15, 0.2) is 42.5 Å². The summed E-state index contributed by atoms with van der Waals surface area (Å²) in [6, 6.07) is 12.1. The van der Waals surface area contributed by atoms with E-state index in [-0.39, 0.29) is 17.7 Å². The number of nitrogens with zero attached hydrogens (tertiary/aromatic N) is 2. The van der Waals surface area contributed by atoms with Crippen LogP contribution in [-0.2, 0) is 4.79 Å². The predicted molar refractivity (Wildman–Crippen MR) is 98.0 cm³/mol. The lowest BCUT2D eigenvalue weighted by Crippen LogP contribution is -2.11. The molecule has 0 aliphatic rings. The van der Waals surface area contributed by atoms with Gasteiger partial charge in [-0.2, -0.15) is 4.98 Å². The van der Waals surface area contributed by atoms with Crippen LogP contribution in [0.3, 0.4) is 0 Å². The Hall–Kier alpha value is -3.02. The van der Waals surface area contributed by atoms with Crippen molar-refractivity contribution in [1.82, 2.24) is 9.97 Å². The highest BCUT2D eigenvalue weighted by Crippen LogP contribution is 2.28. The van der Waals surface area contributed by atoms with Crippen LogP contribution < -0.4 is 10.6 Å². The highest BCUT2D eigenvalue weighted by molar-refractivity contribution is 5.95. The fourth-order valence-corrected chi connectivity index (χ4v) is 2.54. The maximum absolute atomic E-state index is 13.1. The second-order valence-electron chi connectivity index (χ2n) is 5.74. The van der Waals surface area contributed by atoms with Gasteiger partial charge in [0.05, 0.1) is 5.52 Å². The molecule has 5 nitrogen and oxygen atoms in total. The number of rotatable bonds is 5. The number of amides is 1. The summed E-state index contributed by atoms with van der Waals surface area (Å²) < 4.78 is 13.1. The van der Waals surface area contributed by atoms with E-state index in [9.17, 15) is 9.18 Å². The molecular weight excluding hydrogens is 319 g/mol. The fraction of sp³-hybridized carbons (Fsp3) is 0.211. The third kappa shape index (κ3) is 3.91. The molecule has 0 fully saturated rings. The Labute approximate surface area is 145 Å². The van der Waals surface area contributed by atoms with E-state index in [1.807, 2.05) is 18.2 Å². The largest absolute Gasteiger partial charge is 0.369 e. The van der Waals surface area contributed by atoms with E-state index in [1.165, 1.54) is 19.1 Å². The molecule has 0 unspecified atom stereocenters. The molecule has 0 aliphatic carbocycles. The highest BCUT2D eigenvalue weighted by Gasteiger charge is 2.10. The van der Waals surface area contributed by atoms with Crippen LogP contribution in [-0.4, -0.2) is 22.4 Å². The van der Waals surface area contributed by atoms with Crippen molar-refractivity contribution >= 4 is 28.6 Å². The van der Waals surface area contributed by atoms with E-state index in [0.717, 1.165) is 35.0 Å². The monoisotopic (exact) mass is 338 g/mol. The van der Waals surface area contributed by atoms with Crippen LogP contribution in [0, 0.1) is 5.82 Å². The number of carbonyl (C=O) groups is 1.